The summed E-state index contributed by atoms with van der Waals surface area (Å²) >= 11 is 0. The molecule has 0 aromatic heterocycles. The quantitative estimate of drug-likeness (QED) is 0.256. The fourth-order valence-corrected chi connectivity index (χ4v) is 0.0365. The minimum atomic E-state index is 1.38. The molecule has 0 saturated heterocycles. The maximum Gasteiger partial charge on any atom is 0.100 e. The molecule has 0 rings (SSSR count). The van der Waals surface area contributed by atoms with E-state index in [0.29, 0.717) is 0 Å². The van der Waals surface area contributed by atoms with Crippen molar-refractivity contribution >= 4 is 0 Å². The van der Waals surface area contributed by atoms with Gasteiger partial charge in [0.25, 0.3) is 0 Å². The number of hydrogen-bond acceptors (Lipinski definition) is 2. The summed E-state index contributed by atoms with van der Waals surface area (Å²) in [7, 11) is 1.38. The fourth-order valence-electron chi connectivity index (χ4n) is 0.0365. The van der Waals surface area contributed by atoms with Crippen LogP contribution in [0.2, 0.25) is 0 Å². The molecule has 0 bridgehead atoms. The highest BCUT2D eigenvalue weighted by Gasteiger charge is 1.47. The van der Waals surface area contributed by atoms with Crippen LogP contribution in [0.15, 0.2) is 15.6 Å². The Balaban J connectivity index is 2.92. The van der Waals surface area contributed by atoms with Crippen LogP contribution < -0.4 is 0 Å². The van der Waals surface area contributed by atoms with E-state index in [9.17, 15) is 0 Å². The first-order valence-corrected chi connectivity index (χ1v) is 1.03. The van der Waals surface area contributed by atoms with Gasteiger partial charge < -0.3 is 0 Å². The van der Waals surface area contributed by atoms with Crippen molar-refractivity contribution in [2.75, 3.05) is 7.05 Å². The van der Waals surface area contributed by atoms with Crippen molar-refractivity contribution in [3.8, 4) is 0 Å². The molecule has 0 radical (unpaired) electrons. The molecule has 0 aromatic rings. The van der Waals surface area contributed by atoms with E-state index in [1.165, 1.54) is 7.05 Å². The zero-order valence-corrected chi connectivity index (χ0v) is 2.75. The molecule has 0 fully saturated rings. The van der Waals surface area contributed by atoms with Gasteiger partial charge in [-0.05, 0) is 5.22 Å². The van der Waals surface area contributed by atoms with Crippen LogP contribution in [0.3, 0.4) is 0 Å². The van der Waals surface area contributed by atoms with Crippen LogP contribution in [0, 0.1) is 4.91 Å². The Morgan fingerprint density at radius 1 is 1.60 bits per heavy atom. The van der Waals surface area contributed by atoms with E-state index in [0.717, 1.165) is 0 Å². The van der Waals surface area contributed by atoms with Crippen molar-refractivity contribution in [2.45, 2.75) is 0 Å². The Hall–Kier alpha value is -0.800. The number of nitroso groups, excluding NO2 is 1. The topological polar surface area (TPSA) is 54.1 Å². The van der Waals surface area contributed by atoms with Crippen molar-refractivity contribution in [3.05, 3.63) is 4.91 Å². The maximum atomic E-state index is 8.89. The summed E-state index contributed by atoms with van der Waals surface area (Å²) in [6.07, 6.45) is 0. The molecule has 0 unspecified atom stereocenters. The molecule has 0 aliphatic heterocycles. The second-order valence-electron chi connectivity index (χ2n) is 0.371. The van der Waals surface area contributed by atoms with E-state index >= 15 is 0 Å². The molecule has 0 amide bonds. The smallest absolute Gasteiger partial charge is 0.100 e. The van der Waals surface area contributed by atoms with E-state index in [4.69, 9.17) is 4.91 Å². The third-order valence-electron chi connectivity index (χ3n) is 0.126. The number of nitrogens with zero attached hydrogens (tertiary/aromatic N) is 3. The summed E-state index contributed by atoms with van der Waals surface area (Å²) in [5, 5.41) is 7.73. The summed E-state index contributed by atoms with van der Waals surface area (Å²) in [6.45, 7) is 0. The zero-order valence-electron chi connectivity index (χ0n) is 2.75. The predicted molar refractivity (Wildman–Crippen MR) is 16.6 cm³/mol. The Morgan fingerprint density at radius 2 is 2.20 bits per heavy atom. The van der Waals surface area contributed by atoms with E-state index in [-0.39, 0.29) is 0 Å². The first-order chi connectivity index (χ1) is 2.41. The van der Waals surface area contributed by atoms with Gasteiger partial charge in [-0.25, -0.2) is 0 Å². The minimum absolute atomic E-state index is 1.38. The van der Waals surface area contributed by atoms with Gasteiger partial charge in [-0.3, -0.25) is 0 Å². The van der Waals surface area contributed by atoms with E-state index in [1.54, 1.807) is 0 Å². The molecule has 0 aliphatic carbocycles. The second kappa shape index (κ2) is 3.20. The molecule has 4 heteroatoms. The summed E-state index contributed by atoms with van der Waals surface area (Å²) in [5.41, 5.74) is 0. The molecular weight excluding hydrogens is 70.0 g/mol. The molecule has 5 heavy (non-hydrogen) atoms. The highest BCUT2D eigenvalue weighted by Crippen LogP contribution is 1.63. The number of hydrogen-bond donors (Lipinski definition) is 0. The van der Waals surface area contributed by atoms with E-state index in [1.807, 2.05) is 0 Å². The van der Waals surface area contributed by atoms with Crippen molar-refractivity contribution in [1.29, 1.82) is 0 Å². The summed E-state index contributed by atoms with van der Waals surface area (Å²) in [5.74, 6) is 0. The summed E-state index contributed by atoms with van der Waals surface area (Å²) < 4.78 is 0. The summed E-state index contributed by atoms with van der Waals surface area (Å²) in [4.78, 5) is 8.89. The van der Waals surface area contributed by atoms with Crippen LogP contribution in [0.4, 0.5) is 0 Å². The molecule has 0 saturated carbocycles. The van der Waals surface area contributed by atoms with Gasteiger partial charge in [0.15, 0.2) is 0 Å². The lowest BCUT2D eigenvalue weighted by Crippen LogP contribution is -1.37. The Morgan fingerprint density at radius 3 is 2.20 bits per heavy atom. The highest BCUT2D eigenvalue weighted by molar-refractivity contribution is 4.07. The largest absolute Gasteiger partial charge is 0.170 e. The van der Waals surface area contributed by atoms with Crippen LogP contribution in [-0.2, 0) is 0 Å². The molecule has 0 N–H and O–H groups in total. The third kappa shape index (κ3) is 3.20. The average Bonchev–Trinajstić information content (AvgIpc) is 1.41. The lowest BCUT2D eigenvalue weighted by atomic mass is 11.6. The van der Waals surface area contributed by atoms with Gasteiger partial charge >= 0.3 is 0 Å². The van der Waals surface area contributed by atoms with Gasteiger partial charge in [-0.1, -0.05) is 0 Å². The van der Waals surface area contributed by atoms with Gasteiger partial charge in [-0.15, -0.1) is 4.91 Å². The van der Waals surface area contributed by atoms with Crippen molar-refractivity contribution in [2.24, 2.45) is 15.6 Å². The zero-order chi connectivity index (χ0) is 4.12. The van der Waals surface area contributed by atoms with Gasteiger partial charge in [0, 0.05) is 0 Å². The lowest BCUT2D eigenvalue weighted by molar-refractivity contribution is 1.01. The molecule has 28 valence electrons. The van der Waals surface area contributed by atoms with Crippen LogP contribution in [-0.4, -0.2) is 7.05 Å². The van der Waals surface area contributed by atoms with Gasteiger partial charge in [0.2, 0.25) is 0 Å². The van der Waals surface area contributed by atoms with Crippen molar-refractivity contribution in [1.82, 2.24) is 0 Å². The molecule has 0 atom stereocenters. The molecule has 0 aromatic carbocycles. The third-order valence-corrected chi connectivity index (χ3v) is 0.126. The number of rotatable bonds is 1. The fraction of sp³-hybridized carbons (Fsp3) is 1.00. The normalized spacial score (nSPS) is 9.00. The van der Waals surface area contributed by atoms with Crippen LogP contribution in [0.5, 0.6) is 0 Å². The lowest BCUT2D eigenvalue weighted by Gasteiger charge is -1.51. The maximum absolute atomic E-state index is 8.89. The first-order valence-electron chi connectivity index (χ1n) is 1.03. The molecule has 0 aliphatic rings. The van der Waals surface area contributed by atoms with Gasteiger partial charge in [-0.2, -0.15) is 5.11 Å². The van der Waals surface area contributed by atoms with Crippen LogP contribution in [0.1, 0.15) is 0 Å². The molecule has 4 nitrogen and oxygen atoms in total. The van der Waals surface area contributed by atoms with Crippen molar-refractivity contribution < 1.29 is 0 Å². The highest BCUT2D eigenvalue weighted by atomic mass is 16.3. The monoisotopic (exact) mass is 73.0 g/mol. The SMILES string of the molecule is CN=NN=O. The van der Waals surface area contributed by atoms with Gasteiger partial charge in [0.1, 0.15) is 5.29 Å². The Bertz CT molecular complexity index is 48.9. The minimum Gasteiger partial charge on any atom is -0.170 e. The Kier molecular flexibility index (Phi) is 2.69. The van der Waals surface area contributed by atoms with E-state index in [2.05, 4.69) is 15.6 Å². The second-order valence-corrected chi connectivity index (χ2v) is 0.371. The average molecular weight is 73.1 g/mol. The predicted octanol–water partition coefficient (Wildman–Crippen LogP) is 0.750. The summed E-state index contributed by atoms with van der Waals surface area (Å²) in [6, 6.07) is 0. The molecule has 0 heterocycles. The van der Waals surface area contributed by atoms with Gasteiger partial charge in [0.05, 0.1) is 7.05 Å². The standard InChI is InChI=1S/CH3N3O/c1-2-3-4-5/h1H3. The van der Waals surface area contributed by atoms with Crippen LogP contribution >= 0.6 is 0 Å². The Labute approximate surface area is 28.9 Å². The van der Waals surface area contributed by atoms with E-state index < -0.39 is 0 Å². The van der Waals surface area contributed by atoms with Crippen molar-refractivity contribution in [3.63, 3.8) is 0 Å². The first kappa shape index (κ1) is 4.20. The van der Waals surface area contributed by atoms with Crippen LogP contribution in [0.25, 0.3) is 0 Å². The molecular formula is CH3N3O. The molecule has 0 spiro atoms.